The first kappa shape index (κ1) is 26.1. The lowest BCUT2D eigenvalue weighted by Crippen LogP contribution is -2.39. The molecule has 0 N–H and O–H groups in total. The van der Waals surface area contributed by atoms with Crippen molar-refractivity contribution in [2.24, 2.45) is 4.99 Å². The molecule has 2 aromatic carbocycles. The summed E-state index contributed by atoms with van der Waals surface area (Å²) in [4.78, 5) is 42.6. The summed E-state index contributed by atoms with van der Waals surface area (Å²) in [5, 5.41) is 11.1. The lowest BCUT2D eigenvalue weighted by atomic mass is 9.96. The van der Waals surface area contributed by atoms with Crippen LogP contribution in [0.4, 0.5) is 5.69 Å². The van der Waals surface area contributed by atoms with Crippen LogP contribution in [-0.4, -0.2) is 26.6 Å². The first-order valence-electron chi connectivity index (χ1n) is 12.4. The van der Waals surface area contributed by atoms with Gasteiger partial charge in [0, 0.05) is 29.2 Å². The molecule has 198 valence electrons. The smallest absolute Gasteiger partial charge is 0.338 e. The average molecular weight is 543 g/mol. The van der Waals surface area contributed by atoms with Gasteiger partial charge in [0.25, 0.3) is 11.2 Å². The van der Waals surface area contributed by atoms with Crippen molar-refractivity contribution in [1.29, 1.82) is 0 Å². The molecular weight excluding hydrogens is 516 g/mol. The lowest BCUT2D eigenvalue weighted by Gasteiger charge is -2.24. The number of nitro groups is 1. The molecule has 0 radical (unpaired) electrons. The van der Waals surface area contributed by atoms with Gasteiger partial charge in [0.15, 0.2) is 4.80 Å². The summed E-state index contributed by atoms with van der Waals surface area (Å²) >= 11 is 1.27. The number of hydrogen-bond acceptors (Lipinski definition) is 7. The molecule has 0 amide bonds. The van der Waals surface area contributed by atoms with Gasteiger partial charge in [0.05, 0.1) is 33.4 Å². The molecule has 0 bridgehead atoms. The van der Waals surface area contributed by atoms with E-state index in [9.17, 15) is 19.7 Å². The van der Waals surface area contributed by atoms with E-state index in [-0.39, 0.29) is 17.9 Å². The van der Waals surface area contributed by atoms with Crippen LogP contribution in [0.1, 0.15) is 42.4 Å². The van der Waals surface area contributed by atoms with Gasteiger partial charge in [-0.1, -0.05) is 41.7 Å². The van der Waals surface area contributed by atoms with Crippen molar-refractivity contribution in [3.63, 3.8) is 0 Å². The molecule has 3 heterocycles. The van der Waals surface area contributed by atoms with E-state index < -0.39 is 16.9 Å². The molecular formula is C29H26N4O5S. The highest BCUT2D eigenvalue weighted by molar-refractivity contribution is 7.07. The zero-order valence-electron chi connectivity index (χ0n) is 21.9. The molecule has 1 aliphatic rings. The molecule has 10 heteroatoms. The highest BCUT2D eigenvalue weighted by Crippen LogP contribution is 2.30. The fraction of sp³-hybridized carbons (Fsp3) is 0.207. The van der Waals surface area contributed by atoms with Crippen LogP contribution in [-0.2, 0) is 9.53 Å². The number of ether oxygens (including phenoxy) is 1. The van der Waals surface area contributed by atoms with Gasteiger partial charge in [-0.15, -0.1) is 0 Å². The first-order chi connectivity index (χ1) is 18.7. The number of esters is 1. The number of carbonyl (C=O) groups is 1. The quantitative estimate of drug-likeness (QED) is 0.207. The van der Waals surface area contributed by atoms with E-state index in [4.69, 9.17) is 4.74 Å². The standard InChI is InChI=1S/C29H26N4O5S/c1-5-38-28(35)25-18(3)30-29-32(26(25)20-9-7-6-8-10-20)27(34)24(39-29)16-21-15-17(2)31(19(21)4)22-11-13-23(14-12-22)33(36)37/h6-16,26H,5H2,1-4H3/b24-16+/t26-/m0/s1. The number of nitrogens with zero attached hydrogens (tertiary/aromatic N) is 4. The Morgan fingerprint density at radius 2 is 1.82 bits per heavy atom. The molecule has 0 aliphatic carbocycles. The Kier molecular flexibility index (Phi) is 6.88. The molecule has 0 saturated heterocycles. The third kappa shape index (κ3) is 4.63. The van der Waals surface area contributed by atoms with E-state index >= 15 is 0 Å². The predicted octanol–water partition coefficient (Wildman–Crippen LogP) is 4.11. The van der Waals surface area contributed by atoms with Crippen LogP contribution in [0.5, 0.6) is 0 Å². The molecule has 0 fully saturated rings. The Bertz CT molecular complexity index is 1810. The second-order valence-corrected chi connectivity index (χ2v) is 10.2. The van der Waals surface area contributed by atoms with Gasteiger partial charge in [0.1, 0.15) is 0 Å². The SMILES string of the molecule is CCOC(=O)C1=C(C)N=c2s/c(=C/c3cc(C)n(-c4ccc([N+](=O)[O-])cc4)c3C)c(=O)n2[C@H]1c1ccccc1. The van der Waals surface area contributed by atoms with Crippen molar-refractivity contribution in [2.75, 3.05) is 6.61 Å². The number of aryl methyl sites for hydroxylation is 1. The molecule has 1 atom stereocenters. The molecule has 9 nitrogen and oxygen atoms in total. The molecule has 0 saturated carbocycles. The minimum atomic E-state index is -0.656. The number of aromatic nitrogens is 2. The van der Waals surface area contributed by atoms with Gasteiger partial charge >= 0.3 is 5.97 Å². The zero-order chi connectivity index (χ0) is 27.8. The monoisotopic (exact) mass is 542 g/mol. The normalized spacial score (nSPS) is 15.2. The minimum Gasteiger partial charge on any atom is -0.463 e. The van der Waals surface area contributed by atoms with Crippen molar-refractivity contribution < 1.29 is 14.5 Å². The molecule has 39 heavy (non-hydrogen) atoms. The largest absolute Gasteiger partial charge is 0.463 e. The van der Waals surface area contributed by atoms with Crippen LogP contribution >= 0.6 is 11.3 Å². The molecule has 5 rings (SSSR count). The van der Waals surface area contributed by atoms with Gasteiger partial charge in [0.2, 0.25) is 0 Å². The summed E-state index contributed by atoms with van der Waals surface area (Å²) in [6, 6.07) is 17.1. The summed E-state index contributed by atoms with van der Waals surface area (Å²) in [7, 11) is 0. The number of carbonyl (C=O) groups excluding carboxylic acids is 1. The van der Waals surface area contributed by atoms with Crippen LogP contribution in [0.15, 0.2) is 81.7 Å². The number of hydrogen-bond donors (Lipinski definition) is 0. The summed E-state index contributed by atoms with van der Waals surface area (Å²) in [5.74, 6) is -0.492. The maximum Gasteiger partial charge on any atom is 0.338 e. The predicted molar refractivity (Wildman–Crippen MR) is 149 cm³/mol. The maximum absolute atomic E-state index is 13.8. The number of thiazole rings is 1. The topological polar surface area (TPSA) is 109 Å². The third-order valence-corrected chi connectivity index (χ3v) is 7.69. The van der Waals surface area contributed by atoms with Gasteiger partial charge < -0.3 is 9.30 Å². The van der Waals surface area contributed by atoms with Crippen LogP contribution in [0, 0.1) is 24.0 Å². The summed E-state index contributed by atoms with van der Waals surface area (Å²) in [5.41, 5.74) is 4.86. The minimum absolute atomic E-state index is 0.0213. The van der Waals surface area contributed by atoms with Crippen LogP contribution in [0.25, 0.3) is 11.8 Å². The van der Waals surface area contributed by atoms with E-state index in [1.807, 2.05) is 60.9 Å². The number of benzene rings is 2. The molecule has 1 aliphatic heterocycles. The number of rotatable bonds is 6. The van der Waals surface area contributed by atoms with E-state index in [1.165, 1.54) is 23.5 Å². The van der Waals surface area contributed by atoms with E-state index in [0.29, 0.717) is 20.6 Å². The first-order valence-corrected chi connectivity index (χ1v) is 13.2. The Morgan fingerprint density at radius 1 is 1.13 bits per heavy atom. The summed E-state index contributed by atoms with van der Waals surface area (Å²) in [6.45, 7) is 7.60. The van der Waals surface area contributed by atoms with Gasteiger partial charge in [-0.2, -0.15) is 0 Å². The lowest BCUT2D eigenvalue weighted by molar-refractivity contribution is -0.384. The highest BCUT2D eigenvalue weighted by atomic mass is 32.1. The molecule has 4 aromatic rings. The Balaban J connectivity index is 1.65. The summed E-state index contributed by atoms with van der Waals surface area (Å²) < 4.78 is 9.38. The molecule has 0 unspecified atom stereocenters. The molecule has 0 spiro atoms. The fourth-order valence-corrected chi connectivity index (χ4v) is 5.98. The number of fused-ring (bicyclic) bond motifs is 1. The fourth-order valence-electron chi connectivity index (χ4n) is 4.94. The van der Waals surface area contributed by atoms with Crippen LogP contribution in [0.2, 0.25) is 0 Å². The van der Waals surface area contributed by atoms with E-state index in [1.54, 1.807) is 30.5 Å². The Hall–Kier alpha value is -4.57. The van der Waals surface area contributed by atoms with Gasteiger partial charge in [-0.05, 0) is 63.1 Å². The van der Waals surface area contributed by atoms with Crippen LogP contribution in [0.3, 0.4) is 0 Å². The van der Waals surface area contributed by atoms with Gasteiger partial charge in [-0.3, -0.25) is 19.5 Å². The second-order valence-electron chi connectivity index (χ2n) is 9.15. The number of allylic oxidation sites excluding steroid dienone is 1. The summed E-state index contributed by atoms with van der Waals surface area (Å²) in [6.07, 6.45) is 1.83. The Morgan fingerprint density at radius 3 is 2.46 bits per heavy atom. The van der Waals surface area contributed by atoms with Crippen molar-refractivity contribution in [2.45, 2.75) is 33.7 Å². The van der Waals surface area contributed by atoms with Crippen molar-refractivity contribution in [3.8, 4) is 5.69 Å². The zero-order valence-corrected chi connectivity index (χ0v) is 22.7. The van der Waals surface area contributed by atoms with E-state index in [2.05, 4.69) is 4.99 Å². The van der Waals surface area contributed by atoms with Crippen molar-refractivity contribution in [1.82, 2.24) is 9.13 Å². The Labute approximate surface area is 227 Å². The third-order valence-electron chi connectivity index (χ3n) is 6.71. The van der Waals surface area contributed by atoms with Gasteiger partial charge in [-0.25, -0.2) is 9.79 Å². The number of nitro benzene ring substituents is 1. The van der Waals surface area contributed by atoms with E-state index in [0.717, 1.165) is 28.2 Å². The highest BCUT2D eigenvalue weighted by Gasteiger charge is 2.33. The maximum atomic E-state index is 13.8. The second kappa shape index (κ2) is 10.3. The van der Waals surface area contributed by atoms with Crippen LogP contribution < -0.4 is 14.9 Å². The number of non-ortho nitro benzene ring substituents is 1. The molecule has 2 aromatic heterocycles. The van der Waals surface area contributed by atoms with Crippen molar-refractivity contribution >= 4 is 29.1 Å². The van der Waals surface area contributed by atoms with Crippen molar-refractivity contribution in [3.05, 3.63) is 124 Å². The average Bonchev–Trinajstić information content (AvgIpc) is 3.37.